The number of thiophene rings is 1. The fourth-order valence-corrected chi connectivity index (χ4v) is 3.17. The van der Waals surface area contributed by atoms with Crippen LogP contribution in [0.2, 0.25) is 0 Å². The number of nitrogens with zero attached hydrogens (tertiary/aromatic N) is 2. The molecule has 6 heteroatoms. The first-order valence-corrected chi connectivity index (χ1v) is 7.27. The molecule has 20 heavy (non-hydrogen) atoms. The van der Waals surface area contributed by atoms with E-state index in [0.717, 1.165) is 4.88 Å². The second-order valence-corrected chi connectivity index (χ2v) is 5.55. The number of rotatable bonds is 3. The third-order valence-electron chi connectivity index (χ3n) is 3.35. The Hall–Kier alpha value is -1.92. The van der Waals surface area contributed by atoms with Gasteiger partial charge in [0.25, 0.3) is 5.69 Å². The molecule has 1 fully saturated rings. The van der Waals surface area contributed by atoms with E-state index >= 15 is 0 Å². The lowest BCUT2D eigenvalue weighted by atomic mass is 10.2. The summed E-state index contributed by atoms with van der Waals surface area (Å²) in [4.78, 5) is 14.0. The molecule has 0 N–H and O–H groups in total. The summed E-state index contributed by atoms with van der Waals surface area (Å²) in [6.45, 7) is 1.90. The van der Waals surface area contributed by atoms with Crippen LogP contribution in [0, 0.1) is 10.1 Å². The Morgan fingerprint density at radius 2 is 2.15 bits per heavy atom. The zero-order chi connectivity index (χ0) is 13.9. The van der Waals surface area contributed by atoms with Gasteiger partial charge >= 0.3 is 0 Å². The molecule has 3 rings (SSSR count). The highest BCUT2D eigenvalue weighted by Crippen LogP contribution is 2.33. The van der Waals surface area contributed by atoms with Crippen molar-refractivity contribution < 1.29 is 9.66 Å². The molecule has 1 atom stereocenters. The van der Waals surface area contributed by atoms with Crippen molar-refractivity contribution >= 4 is 22.7 Å². The van der Waals surface area contributed by atoms with Gasteiger partial charge in [0.05, 0.1) is 11.5 Å². The molecule has 0 radical (unpaired) electrons. The van der Waals surface area contributed by atoms with Crippen LogP contribution >= 0.6 is 11.3 Å². The minimum absolute atomic E-state index is 0.0106. The number of nitro benzene ring substituents is 1. The van der Waals surface area contributed by atoms with Crippen LogP contribution in [0.3, 0.4) is 0 Å². The second kappa shape index (κ2) is 5.60. The molecule has 0 bridgehead atoms. The van der Waals surface area contributed by atoms with Gasteiger partial charge in [0.15, 0.2) is 0 Å². The zero-order valence-corrected chi connectivity index (χ0v) is 11.6. The quantitative estimate of drug-likeness (QED) is 0.643. The van der Waals surface area contributed by atoms with Crippen molar-refractivity contribution in [1.82, 2.24) is 0 Å². The van der Waals surface area contributed by atoms with Crippen LogP contribution in [0.4, 0.5) is 11.4 Å². The fourth-order valence-electron chi connectivity index (χ4n) is 2.40. The van der Waals surface area contributed by atoms with E-state index in [1.165, 1.54) is 0 Å². The predicted octanol–water partition coefficient (Wildman–Crippen LogP) is 3.23. The van der Waals surface area contributed by atoms with Crippen molar-refractivity contribution in [2.24, 2.45) is 0 Å². The van der Waals surface area contributed by atoms with E-state index in [-0.39, 0.29) is 16.7 Å². The summed E-state index contributed by atoms with van der Waals surface area (Å²) in [5.41, 5.74) is 0.821. The molecule has 104 valence electrons. The summed E-state index contributed by atoms with van der Waals surface area (Å²) in [5, 5.41) is 13.1. The average Bonchev–Trinajstić information content (AvgIpc) is 3.01. The van der Waals surface area contributed by atoms with Gasteiger partial charge in [0.2, 0.25) is 0 Å². The Morgan fingerprint density at radius 3 is 2.90 bits per heavy atom. The van der Waals surface area contributed by atoms with Crippen molar-refractivity contribution in [2.75, 3.05) is 24.6 Å². The lowest BCUT2D eigenvalue weighted by Gasteiger charge is -2.33. The highest BCUT2D eigenvalue weighted by atomic mass is 32.1. The van der Waals surface area contributed by atoms with Crippen LogP contribution in [-0.2, 0) is 4.74 Å². The molecule has 5 nitrogen and oxygen atoms in total. The average molecular weight is 290 g/mol. The van der Waals surface area contributed by atoms with Gasteiger partial charge in [-0.2, -0.15) is 0 Å². The van der Waals surface area contributed by atoms with E-state index in [1.54, 1.807) is 29.5 Å². The lowest BCUT2D eigenvalue weighted by molar-refractivity contribution is -0.384. The number of anilines is 1. The highest BCUT2D eigenvalue weighted by Gasteiger charge is 2.26. The minimum atomic E-state index is -0.328. The Bertz CT molecular complexity index is 600. The summed E-state index contributed by atoms with van der Waals surface area (Å²) in [5.74, 6) is 0. The number of nitro groups is 1. The van der Waals surface area contributed by atoms with Crippen molar-refractivity contribution in [2.45, 2.75) is 6.10 Å². The number of para-hydroxylation sites is 2. The van der Waals surface area contributed by atoms with Crippen LogP contribution in [0.1, 0.15) is 11.0 Å². The highest BCUT2D eigenvalue weighted by molar-refractivity contribution is 7.10. The van der Waals surface area contributed by atoms with E-state index in [1.807, 2.05) is 28.5 Å². The number of morpholine rings is 1. The Kier molecular flexibility index (Phi) is 3.66. The first kappa shape index (κ1) is 13.1. The summed E-state index contributed by atoms with van der Waals surface area (Å²) in [6.07, 6.45) is -0.0106. The molecular formula is C14H14N2O3S. The van der Waals surface area contributed by atoms with E-state index in [9.17, 15) is 10.1 Å². The summed E-state index contributed by atoms with van der Waals surface area (Å²) in [7, 11) is 0. The SMILES string of the molecule is O=[N+]([O-])c1ccccc1N1CCOC(c2cccs2)C1. The molecule has 1 unspecified atom stereocenters. The molecule has 1 aromatic carbocycles. The van der Waals surface area contributed by atoms with Crippen molar-refractivity contribution in [3.8, 4) is 0 Å². The predicted molar refractivity (Wildman–Crippen MR) is 78.3 cm³/mol. The van der Waals surface area contributed by atoms with E-state index in [4.69, 9.17) is 4.74 Å². The topological polar surface area (TPSA) is 55.6 Å². The van der Waals surface area contributed by atoms with E-state index in [0.29, 0.717) is 25.4 Å². The van der Waals surface area contributed by atoms with Gasteiger partial charge < -0.3 is 9.64 Å². The summed E-state index contributed by atoms with van der Waals surface area (Å²) >= 11 is 1.65. The van der Waals surface area contributed by atoms with Gasteiger partial charge in [-0.05, 0) is 17.5 Å². The maximum Gasteiger partial charge on any atom is 0.292 e. The minimum Gasteiger partial charge on any atom is -0.369 e. The maximum atomic E-state index is 11.1. The molecule has 0 spiro atoms. The molecule has 1 aliphatic rings. The van der Waals surface area contributed by atoms with Gasteiger partial charge in [-0.1, -0.05) is 18.2 Å². The maximum absolute atomic E-state index is 11.1. The second-order valence-electron chi connectivity index (χ2n) is 4.57. The number of hydrogen-bond acceptors (Lipinski definition) is 5. The molecule has 1 aromatic heterocycles. The first-order chi connectivity index (χ1) is 9.75. The third-order valence-corrected chi connectivity index (χ3v) is 4.31. The third kappa shape index (κ3) is 2.52. The number of ether oxygens (including phenoxy) is 1. The van der Waals surface area contributed by atoms with Crippen LogP contribution in [-0.4, -0.2) is 24.6 Å². The van der Waals surface area contributed by atoms with E-state index < -0.39 is 0 Å². The Balaban J connectivity index is 1.86. The van der Waals surface area contributed by atoms with Crippen LogP contribution in [0.25, 0.3) is 0 Å². The Morgan fingerprint density at radius 1 is 1.30 bits per heavy atom. The van der Waals surface area contributed by atoms with Crippen LogP contribution in [0.5, 0.6) is 0 Å². The molecule has 1 aliphatic heterocycles. The normalized spacial score (nSPS) is 19.0. The standard InChI is InChI=1S/C14H14N2O3S/c17-16(18)12-5-2-1-4-11(12)15-7-8-19-13(10-15)14-6-3-9-20-14/h1-6,9,13H,7-8,10H2. The molecule has 2 aromatic rings. The molecule has 1 saturated heterocycles. The van der Waals surface area contributed by atoms with Crippen LogP contribution < -0.4 is 4.90 Å². The molecule has 2 heterocycles. The summed E-state index contributed by atoms with van der Waals surface area (Å²) in [6, 6.07) is 10.9. The zero-order valence-electron chi connectivity index (χ0n) is 10.8. The van der Waals surface area contributed by atoms with Gasteiger partial charge in [-0.25, -0.2) is 0 Å². The molecular weight excluding hydrogens is 276 g/mol. The monoisotopic (exact) mass is 290 g/mol. The van der Waals surface area contributed by atoms with Crippen LogP contribution in [0.15, 0.2) is 41.8 Å². The van der Waals surface area contributed by atoms with Crippen molar-refractivity contribution in [1.29, 1.82) is 0 Å². The molecule has 0 amide bonds. The largest absolute Gasteiger partial charge is 0.369 e. The van der Waals surface area contributed by atoms with Gasteiger partial charge in [0.1, 0.15) is 11.8 Å². The van der Waals surface area contributed by atoms with Gasteiger partial charge in [-0.3, -0.25) is 10.1 Å². The van der Waals surface area contributed by atoms with Gasteiger partial charge in [0, 0.05) is 24.0 Å². The number of benzene rings is 1. The van der Waals surface area contributed by atoms with Crippen molar-refractivity contribution in [3.63, 3.8) is 0 Å². The fraction of sp³-hybridized carbons (Fsp3) is 0.286. The van der Waals surface area contributed by atoms with Gasteiger partial charge in [-0.15, -0.1) is 11.3 Å². The first-order valence-electron chi connectivity index (χ1n) is 6.39. The summed E-state index contributed by atoms with van der Waals surface area (Å²) < 4.78 is 5.77. The lowest BCUT2D eigenvalue weighted by Crippen LogP contribution is -2.38. The Labute approximate surface area is 120 Å². The van der Waals surface area contributed by atoms with E-state index in [2.05, 4.69) is 0 Å². The molecule has 0 saturated carbocycles. The smallest absolute Gasteiger partial charge is 0.292 e. The molecule has 0 aliphatic carbocycles. The van der Waals surface area contributed by atoms with Crippen molar-refractivity contribution in [3.05, 3.63) is 56.8 Å². The number of hydrogen-bond donors (Lipinski definition) is 0.